The minimum absolute atomic E-state index is 0.0839. The fourth-order valence-corrected chi connectivity index (χ4v) is 6.11. The van der Waals surface area contributed by atoms with Gasteiger partial charge in [-0.2, -0.15) is 0 Å². The van der Waals surface area contributed by atoms with Crippen molar-refractivity contribution in [2.45, 2.75) is 63.1 Å². The molecule has 1 aromatic carbocycles. The standard InChI is InChI=1S/C24H27N3O2S2/c1-13-4-5-14(2)18(10-13)30-12-19-25-22(28)20-15(3)21(31-23(20)26-19)24(29)27(17-8-9-17)11-16-6-7-16/h4-5,10,16-17H,6-9,11-12H2,1-3H3,(H,25,26,28). The van der Waals surface area contributed by atoms with Gasteiger partial charge in [0.1, 0.15) is 10.7 Å². The summed E-state index contributed by atoms with van der Waals surface area (Å²) in [5.74, 6) is 1.99. The summed E-state index contributed by atoms with van der Waals surface area (Å²) in [4.78, 5) is 38.5. The van der Waals surface area contributed by atoms with Crippen LogP contribution >= 0.6 is 23.1 Å². The molecular formula is C24H27N3O2S2. The Bertz CT molecular complexity index is 1220. The first-order valence-corrected chi connectivity index (χ1v) is 12.7. The highest BCUT2D eigenvalue weighted by Crippen LogP contribution is 2.37. The van der Waals surface area contributed by atoms with Gasteiger partial charge in [0.15, 0.2) is 0 Å². The van der Waals surface area contributed by atoms with Gasteiger partial charge in [0, 0.05) is 17.5 Å². The topological polar surface area (TPSA) is 66.1 Å². The summed E-state index contributed by atoms with van der Waals surface area (Å²) < 4.78 is 0. The lowest BCUT2D eigenvalue weighted by molar-refractivity contribution is 0.0739. The number of rotatable bonds is 7. The highest BCUT2D eigenvalue weighted by molar-refractivity contribution is 7.98. The van der Waals surface area contributed by atoms with Crippen molar-refractivity contribution in [3.8, 4) is 0 Å². The first-order chi connectivity index (χ1) is 14.9. The lowest BCUT2D eigenvalue weighted by Gasteiger charge is -2.22. The van der Waals surface area contributed by atoms with Gasteiger partial charge in [-0.3, -0.25) is 9.59 Å². The van der Waals surface area contributed by atoms with E-state index in [4.69, 9.17) is 4.98 Å². The number of thioether (sulfide) groups is 1. The molecule has 2 aliphatic rings. The van der Waals surface area contributed by atoms with Crippen molar-refractivity contribution in [1.82, 2.24) is 14.9 Å². The molecule has 2 saturated carbocycles. The van der Waals surface area contributed by atoms with Crippen molar-refractivity contribution in [3.63, 3.8) is 0 Å². The first kappa shape index (κ1) is 20.8. The Morgan fingerprint density at radius 1 is 1.23 bits per heavy atom. The zero-order valence-corrected chi connectivity index (χ0v) is 19.8. The number of hydrogen-bond acceptors (Lipinski definition) is 5. The van der Waals surface area contributed by atoms with Gasteiger partial charge >= 0.3 is 0 Å². The fraction of sp³-hybridized carbons (Fsp3) is 0.458. The lowest BCUT2D eigenvalue weighted by Crippen LogP contribution is -2.34. The molecular weight excluding hydrogens is 426 g/mol. The van der Waals surface area contributed by atoms with Crippen molar-refractivity contribution in [2.75, 3.05) is 6.54 Å². The summed E-state index contributed by atoms with van der Waals surface area (Å²) in [6.45, 7) is 6.92. The molecule has 162 valence electrons. The van der Waals surface area contributed by atoms with E-state index in [2.05, 4.69) is 41.9 Å². The van der Waals surface area contributed by atoms with Crippen molar-refractivity contribution in [2.24, 2.45) is 5.92 Å². The van der Waals surface area contributed by atoms with Crippen LogP contribution in [0.25, 0.3) is 10.2 Å². The number of nitrogens with one attached hydrogen (secondary N) is 1. The molecule has 2 aromatic heterocycles. The van der Waals surface area contributed by atoms with Crippen molar-refractivity contribution in [1.29, 1.82) is 0 Å². The number of thiophene rings is 1. The zero-order chi connectivity index (χ0) is 21.7. The summed E-state index contributed by atoms with van der Waals surface area (Å²) in [5.41, 5.74) is 3.06. The third-order valence-corrected chi connectivity index (χ3v) is 8.49. The highest BCUT2D eigenvalue weighted by atomic mass is 32.2. The molecule has 5 rings (SSSR count). The maximum absolute atomic E-state index is 13.3. The third-order valence-electron chi connectivity index (χ3n) is 6.15. The molecule has 5 nitrogen and oxygen atoms in total. The van der Waals surface area contributed by atoms with Gasteiger partial charge in [-0.25, -0.2) is 4.98 Å². The monoisotopic (exact) mass is 453 g/mol. The zero-order valence-electron chi connectivity index (χ0n) is 18.2. The van der Waals surface area contributed by atoms with Crippen molar-refractivity contribution in [3.05, 3.63) is 55.9 Å². The van der Waals surface area contributed by atoms with Gasteiger partial charge in [0.05, 0.1) is 16.0 Å². The van der Waals surface area contributed by atoms with Crippen LogP contribution in [0, 0.1) is 26.7 Å². The molecule has 2 heterocycles. The second-order valence-electron chi connectivity index (χ2n) is 8.94. The SMILES string of the molecule is Cc1ccc(C)c(SCc2nc3sc(C(=O)N(CC4CC4)C4CC4)c(C)c3c(=O)[nH]2)c1. The number of aryl methyl sites for hydroxylation is 3. The van der Waals surface area contributed by atoms with Crippen LogP contribution in [-0.2, 0) is 5.75 Å². The van der Waals surface area contributed by atoms with E-state index in [0.29, 0.717) is 38.6 Å². The van der Waals surface area contributed by atoms with Crippen LogP contribution in [0.4, 0.5) is 0 Å². The second kappa shape index (κ2) is 8.10. The summed E-state index contributed by atoms with van der Waals surface area (Å²) in [6, 6.07) is 6.76. The van der Waals surface area contributed by atoms with E-state index in [9.17, 15) is 9.59 Å². The van der Waals surface area contributed by atoms with E-state index in [1.54, 1.807) is 11.8 Å². The van der Waals surface area contributed by atoms with Crippen LogP contribution in [0.2, 0.25) is 0 Å². The van der Waals surface area contributed by atoms with E-state index < -0.39 is 0 Å². The Labute approximate surface area is 190 Å². The van der Waals surface area contributed by atoms with Gasteiger partial charge in [-0.05, 0) is 69.6 Å². The maximum atomic E-state index is 13.3. The number of H-pyrrole nitrogens is 1. The number of aromatic nitrogens is 2. The van der Waals surface area contributed by atoms with E-state index in [0.717, 1.165) is 24.9 Å². The Hall–Kier alpha value is -2.12. The molecule has 0 spiro atoms. The number of fused-ring (bicyclic) bond motifs is 1. The summed E-state index contributed by atoms with van der Waals surface area (Å²) in [5, 5.41) is 0.566. The molecule has 2 aliphatic carbocycles. The van der Waals surface area contributed by atoms with E-state index >= 15 is 0 Å². The predicted octanol–water partition coefficient (Wildman–Crippen LogP) is 5.22. The van der Waals surface area contributed by atoms with Gasteiger partial charge in [-0.15, -0.1) is 23.1 Å². The Balaban J connectivity index is 1.42. The molecule has 31 heavy (non-hydrogen) atoms. The normalized spacial score (nSPS) is 16.1. The van der Waals surface area contributed by atoms with Crippen LogP contribution < -0.4 is 5.56 Å². The average Bonchev–Trinajstić information content (AvgIpc) is 3.65. The van der Waals surface area contributed by atoms with Crippen LogP contribution in [0.1, 0.15) is 57.9 Å². The van der Waals surface area contributed by atoms with Gasteiger partial charge in [0.25, 0.3) is 11.5 Å². The molecule has 0 radical (unpaired) electrons. The third kappa shape index (κ3) is 4.30. The van der Waals surface area contributed by atoms with Crippen molar-refractivity contribution < 1.29 is 4.79 Å². The van der Waals surface area contributed by atoms with Gasteiger partial charge < -0.3 is 9.88 Å². The largest absolute Gasteiger partial charge is 0.335 e. The number of nitrogens with zero attached hydrogens (tertiary/aromatic N) is 2. The number of benzene rings is 1. The minimum Gasteiger partial charge on any atom is -0.335 e. The Kier molecular flexibility index (Phi) is 5.42. The van der Waals surface area contributed by atoms with Crippen LogP contribution in [-0.4, -0.2) is 33.4 Å². The van der Waals surface area contributed by atoms with E-state index in [1.165, 1.54) is 40.2 Å². The van der Waals surface area contributed by atoms with Gasteiger partial charge in [0.2, 0.25) is 0 Å². The molecule has 0 unspecified atom stereocenters. The predicted molar refractivity (Wildman–Crippen MR) is 127 cm³/mol. The molecule has 1 N–H and O–H groups in total. The lowest BCUT2D eigenvalue weighted by atomic mass is 10.2. The van der Waals surface area contributed by atoms with E-state index in [1.807, 2.05) is 6.92 Å². The molecule has 7 heteroatoms. The Morgan fingerprint density at radius 3 is 2.71 bits per heavy atom. The highest BCUT2D eigenvalue weighted by Gasteiger charge is 2.38. The Morgan fingerprint density at radius 2 is 2.00 bits per heavy atom. The smallest absolute Gasteiger partial charge is 0.264 e. The minimum atomic E-state index is -0.144. The molecule has 0 bridgehead atoms. The number of carbonyl (C=O) groups excluding carboxylic acids is 1. The number of aromatic amines is 1. The summed E-state index contributed by atoms with van der Waals surface area (Å²) in [6.07, 6.45) is 4.65. The molecule has 0 aliphatic heterocycles. The van der Waals surface area contributed by atoms with Crippen LogP contribution in [0.5, 0.6) is 0 Å². The maximum Gasteiger partial charge on any atom is 0.264 e. The second-order valence-corrected chi connectivity index (χ2v) is 11.0. The quantitative estimate of drug-likeness (QED) is 0.498. The van der Waals surface area contributed by atoms with Crippen molar-refractivity contribution >= 4 is 39.2 Å². The molecule has 2 fully saturated rings. The van der Waals surface area contributed by atoms with Crippen LogP contribution in [0.3, 0.4) is 0 Å². The van der Waals surface area contributed by atoms with Gasteiger partial charge in [-0.1, -0.05) is 17.7 Å². The molecule has 3 aromatic rings. The number of carbonyl (C=O) groups is 1. The van der Waals surface area contributed by atoms with Crippen LogP contribution in [0.15, 0.2) is 27.9 Å². The fourth-order valence-electron chi connectivity index (χ4n) is 3.96. The summed E-state index contributed by atoms with van der Waals surface area (Å²) >= 11 is 3.05. The van der Waals surface area contributed by atoms with E-state index in [-0.39, 0.29) is 11.5 Å². The number of hydrogen-bond donors (Lipinski definition) is 1. The molecule has 0 atom stereocenters. The first-order valence-electron chi connectivity index (χ1n) is 10.9. The summed E-state index contributed by atoms with van der Waals surface area (Å²) in [7, 11) is 0. The number of amides is 1. The molecule has 0 saturated heterocycles. The average molecular weight is 454 g/mol. The molecule has 1 amide bonds.